The van der Waals surface area contributed by atoms with Gasteiger partial charge in [-0.1, -0.05) is 12.1 Å². The van der Waals surface area contributed by atoms with Crippen LogP contribution in [0, 0.1) is 24.4 Å². The first-order chi connectivity index (χ1) is 9.02. The summed E-state index contributed by atoms with van der Waals surface area (Å²) in [5.41, 5.74) is 1.24. The molecule has 1 nitrogen and oxygen atoms in total. The maximum absolute atomic E-state index is 13.9. The van der Waals surface area contributed by atoms with Gasteiger partial charge in [-0.3, -0.25) is 0 Å². The molecule has 0 radical (unpaired) electrons. The maximum Gasteiger partial charge on any atom is 0.131 e. The molecular formula is C15H14F3N. The largest absolute Gasteiger partial charge is 0.309 e. The highest BCUT2D eigenvalue weighted by molar-refractivity contribution is 5.35. The standard InChI is InChI=1S/C15H14F3N/c1-9-6-12(14(18)8-13(9)17)15(19-2)10-4-3-5-11(16)7-10/h3-8,15,19H,1-2H3. The fraction of sp³-hybridized carbons (Fsp3) is 0.200. The second-order valence-corrected chi connectivity index (χ2v) is 4.40. The van der Waals surface area contributed by atoms with Crippen LogP contribution in [0.1, 0.15) is 22.7 Å². The average molecular weight is 265 g/mol. The van der Waals surface area contributed by atoms with Crippen LogP contribution in [0.15, 0.2) is 36.4 Å². The van der Waals surface area contributed by atoms with E-state index in [4.69, 9.17) is 0 Å². The quantitative estimate of drug-likeness (QED) is 0.891. The summed E-state index contributed by atoms with van der Waals surface area (Å²) in [4.78, 5) is 0. The molecule has 0 amide bonds. The molecule has 0 aliphatic heterocycles. The lowest BCUT2D eigenvalue weighted by Crippen LogP contribution is -2.19. The molecule has 1 atom stereocenters. The Hall–Kier alpha value is -1.81. The maximum atomic E-state index is 13.9. The highest BCUT2D eigenvalue weighted by atomic mass is 19.1. The third-order valence-electron chi connectivity index (χ3n) is 3.06. The third-order valence-corrected chi connectivity index (χ3v) is 3.06. The summed E-state index contributed by atoms with van der Waals surface area (Å²) in [7, 11) is 1.65. The SMILES string of the molecule is CNC(c1cccc(F)c1)c1cc(C)c(F)cc1F. The highest BCUT2D eigenvalue weighted by Crippen LogP contribution is 2.26. The van der Waals surface area contributed by atoms with Gasteiger partial charge in [-0.05, 0) is 43.3 Å². The van der Waals surface area contributed by atoms with Crippen molar-refractivity contribution >= 4 is 0 Å². The van der Waals surface area contributed by atoms with E-state index >= 15 is 0 Å². The third kappa shape index (κ3) is 2.79. The zero-order valence-corrected chi connectivity index (χ0v) is 10.7. The lowest BCUT2D eigenvalue weighted by molar-refractivity contribution is 0.545. The molecule has 2 aromatic rings. The summed E-state index contributed by atoms with van der Waals surface area (Å²) < 4.78 is 40.4. The van der Waals surface area contributed by atoms with Crippen molar-refractivity contribution < 1.29 is 13.2 Å². The summed E-state index contributed by atoms with van der Waals surface area (Å²) in [5, 5.41) is 2.92. The number of nitrogens with one attached hydrogen (secondary N) is 1. The van der Waals surface area contributed by atoms with E-state index in [2.05, 4.69) is 5.32 Å². The van der Waals surface area contributed by atoms with Crippen molar-refractivity contribution in [3.05, 3.63) is 70.5 Å². The molecule has 100 valence electrons. The van der Waals surface area contributed by atoms with Crippen LogP contribution in [0.2, 0.25) is 0 Å². The van der Waals surface area contributed by atoms with Gasteiger partial charge in [0.25, 0.3) is 0 Å². The smallest absolute Gasteiger partial charge is 0.131 e. The molecule has 0 spiro atoms. The minimum absolute atomic E-state index is 0.298. The van der Waals surface area contributed by atoms with Crippen molar-refractivity contribution in [3.8, 4) is 0 Å². The van der Waals surface area contributed by atoms with E-state index in [1.54, 1.807) is 26.1 Å². The zero-order valence-electron chi connectivity index (χ0n) is 10.7. The van der Waals surface area contributed by atoms with Gasteiger partial charge in [0, 0.05) is 11.6 Å². The summed E-state index contributed by atoms with van der Waals surface area (Å²) in [5.74, 6) is -1.63. The Morgan fingerprint density at radius 1 is 1.00 bits per heavy atom. The van der Waals surface area contributed by atoms with Crippen molar-refractivity contribution in [2.24, 2.45) is 0 Å². The van der Waals surface area contributed by atoms with E-state index in [1.807, 2.05) is 0 Å². The van der Waals surface area contributed by atoms with Gasteiger partial charge in [0.15, 0.2) is 0 Å². The molecule has 19 heavy (non-hydrogen) atoms. The number of aryl methyl sites for hydroxylation is 1. The Morgan fingerprint density at radius 3 is 2.37 bits per heavy atom. The summed E-state index contributed by atoms with van der Waals surface area (Å²) in [6, 6.07) is 7.69. The van der Waals surface area contributed by atoms with Gasteiger partial charge in [0.05, 0.1) is 6.04 Å². The van der Waals surface area contributed by atoms with E-state index in [9.17, 15) is 13.2 Å². The Balaban J connectivity index is 2.51. The van der Waals surface area contributed by atoms with Crippen LogP contribution in [0.25, 0.3) is 0 Å². The van der Waals surface area contributed by atoms with Gasteiger partial charge >= 0.3 is 0 Å². The van der Waals surface area contributed by atoms with Crippen molar-refractivity contribution in [2.75, 3.05) is 7.05 Å². The first kappa shape index (κ1) is 13.6. The first-order valence-electron chi connectivity index (χ1n) is 5.91. The second kappa shape index (κ2) is 5.45. The number of rotatable bonds is 3. The topological polar surface area (TPSA) is 12.0 Å². The normalized spacial score (nSPS) is 12.5. The molecule has 0 fully saturated rings. The van der Waals surface area contributed by atoms with E-state index in [-0.39, 0.29) is 0 Å². The molecule has 1 unspecified atom stereocenters. The Bertz CT molecular complexity index is 596. The molecular weight excluding hydrogens is 251 g/mol. The summed E-state index contributed by atoms with van der Waals surface area (Å²) in [6.45, 7) is 1.57. The average Bonchev–Trinajstić information content (AvgIpc) is 2.36. The molecule has 4 heteroatoms. The Kier molecular flexibility index (Phi) is 3.90. The van der Waals surface area contributed by atoms with Gasteiger partial charge < -0.3 is 5.32 Å². The van der Waals surface area contributed by atoms with Crippen molar-refractivity contribution in [3.63, 3.8) is 0 Å². The molecule has 2 aromatic carbocycles. The zero-order chi connectivity index (χ0) is 14.0. The number of hydrogen-bond donors (Lipinski definition) is 1. The van der Waals surface area contributed by atoms with Crippen molar-refractivity contribution in [2.45, 2.75) is 13.0 Å². The number of halogens is 3. The molecule has 0 aliphatic carbocycles. The van der Waals surface area contributed by atoms with Crippen LogP contribution < -0.4 is 5.32 Å². The highest BCUT2D eigenvalue weighted by Gasteiger charge is 2.18. The fourth-order valence-electron chi connectivity index (χ4n) is 2.09. The summed E-state index contributed by atoms with van der Waals surface area (Å²) in [6.07, 6.45) is 0. The number of hydrogen-bond acceptors (Lipinski definition) is 1. The van der Waals surface area contributed by atoms with Crippen LogP contribution in [0.4, 0.5) is 13.2 Å². The molecule has 1 N–H and O–H groups in total. The van der Waals surface area contributed by atoms with Crippen LogP contribution in [0.5, 0.6) is 0 Å². The molecule has 0 aromatic heterocycles. The Morgan fingerprint density at radius 2 is 1.74 bits per heavy atom. The van der Waals surface area contributed by atoms with Crippen LogP contribution in [-0.2, 0) is 0 Å². The fourth-order valence-corrected chi connectivity index (χ4v) is 2.09. The van der Waals surface area contributed by atoms with Gasteiger partial charge in [0.1, 0.15) is 17.5 Å². The van der Waals surface area contributed by atoms with Gasteiger partial charge in [0.2, 0.25) is 0 Å². The van der Waals surface area contributed by atoms with E-state index < -0.39 is 23.5 Å². The monoisotopic (exact) mass is 265 g/mol. The molecule has 0 bridgehead atoms. The van der Waals surface area contributed by atoms with Crippen LogP contribution in [0.3, 0.4) is 0 Å². The molecule has 0 aliphatic rings. The van der Waals surface area contributed by atoms with Gasteiger partial charge in [-0.15, -0.1) is 0 Å². The van der Waals surface area contributed by atoms with Crippen molar-refractivity contribution in [1.29, 1.82) is 0 Å². The minimum atomic E-state index is -0.647. The van der Waals surface area contributed by atoms with Crippen LogP contribution >= 0.6 is 0 Å². The lowest BCUT2D eigenvalue weighted by Gasteiger charge is -2.18. The first-order valence-corrected chi connectivity index (χ1v) is 5.91. The lowest BCUT2D eigenvalue weighted by atomic mass is 9.96. The van der Waals surface area contributed by atoms with Crippen LogP contribution in [-0.4, -0.2) is 7.05 Å². The molecule has 0 saturated heterocycles. The predicted molar refractivity (Wildman–Crippen MR) is 68.4 cm³/mol. The van der Waals surface area contributed by atoms with E-state index in [1.165, 1.54) is 18.2 Å². The number of benzene rings is 2. The molecule has 2 rings (SSSR count). The Labute approximate surface area is 110 Å². The summed E-state index contributed by atoms with van der Waals surface area (Å²) >= 11 is 0. The van der Waals surface area contributed by atoms with Crippen molar-refractivity contribution in [1.82, 2.24) is 5.32 Å². The second-order valence-electron chi connectivity index (χ2n) is 4.40. The van der Waals surface area contributed by atoms with E-state index in [0.717, 1.165) is 6.07 Å². The molecule has 0 heterocycles. The van der Waals surface area contributed by atoms with Gasteiger partial charge in [-0.25, -0.2) is 13.2 Å². The van der Waals surface area contributed by atoms with E-state index in [0.29, 0.717) is 16.7 Å². The molecule has 0 saturated carbocycles. The van der Waals surface area contributed by atoms with Gasteiger partial charge in [-0.2, -0.15) is 0 Å². The minimum Gasteiger partial charge on any atom is -0.309 e. The predicted octanol–water partition coefficient (Wildman–Crippen LogP) is 3.72.